The van der Waals surface area contributed by atoms with E-state index in [9.17, 15) is 9.59 Å². The van der Waals surface area contributed by atoms with Gasteiger partial charge in [-0.25, -0.2) is 4.98 Å². The molecular formula is C14H17N3O2S. The highest BCUT2D eigenvalue weighted by molar-refractivity contribution is 7.22. The summed E-state index contributed by atoms with van der Waals surface area (Å²) < 4.78 is 0.936. The van der Waals surface area contributed by atoms with Crippen molar-refractivity contribution in [2.75, 3.05) is 10.6 Å². The molecule has 1 heterocycles. The van der Waals surface area contributed by atoms with E-state index in [2.05, 4.69) is 15.6 Å². The van der Waals surface area contributed by atoms with Gasteiger partial charge in [0.15, 0.2) is 5.13 Å². The normalized spacial score (nSPS) is 10.5. The third-order valence-corrected chi connectivity index (χ3v) is 3.65. The predicted molar refractivity (Wildman–Crippen MR) is 82.1 cm³/mol. The number of thiazole rings is 1. The fourth-order valence-electron chi connectivity index (χ4n) is 1.71. The van der Waals surface area contributed by atoms with Gasteiger partial charge < -0.3 is 10.6 Å². The molecule has 0 radical (unpaired) electrons. The van der Waals surface area contributed by atoms with Crippen LogP contribution in [-0.2, 0) is 9.59 Å². The van der Waals surface area contributed by atoms with E-state index >= 15 is 0 Å². The van der Waals surface area contributed by atoms with Gasteiger partial charge in [0.25, 0.3) is 0 Å². The minimum absolute atomic E-state index is 0.0101. The summed E-state index contributed by atoms with van der Waals surface area (Å²) in [6.45, 7) is 3.76. The van der Waals surface area contributed by atoms with Gasteiger partial charge in [0.05, 0.1) is 10.2 Å². The number of rotatable bonds is 5. The summed E-state index contributed by atoms with van der Waals surface area (Å²) >= 11 is 1.40. The van der Waals surface area contributed by atoms with Crippen LogP contribution in [0, 0.1) is 0 Å². The number of benzene rings is 1. The van der Waals surface area contributed by atoms with Crippen LogP contribution >= 0.6 is 11.3 Å². The van der Waals surface area contributed by atoms with E-state index < -0.39 is 0 Å². The molecule has 2 rings (SSSR count). The second-order valence-corrected chi connectivity index (χ2v) is 5.43. The van der Waals surface area contributed by atoms with Gasteiger partial charge >= 0.3 is 0 Å². The van der Waals surface area contributed by atoms with Crippen LogP contribution in [0.5, 0.6) is 0 Å². The Labute approximate surface area is 121 Å². The Morgan fingerprint density at radius 1 is 1.20 bits per heavy atom. The largest absolute Gasteiger partial charge is 0.326 e. The second-order valence-electron chi connectivity index (χ2n) is 4.40. The number of carbonyl (C=O) groups is 2. The zero-order chi connectivity index (χ0) is 14.5. The summed E-state index contributed by atoms with van der Waals surface area (Å²) in [5.41, 5.74) is 1.57. The van der Waals surface area contributed by atoms with Crippen LogP contribution in [0.2, 0.25) is 0 Å². The molecule has 0 aliphatic heterocycles. The molecule has 0 saturated heterocycles. The van der Waals surface area contributed by atoms with Crippen LogP contribution in [-0.4, -0.2) is 16.8 Å². The van der Waals surface area contributed by atoms with E-state index in [1.165, 1.54) is 11.3 Å². The number of hydrogen-bond donors (Lipinski definition) is 2. The molecule has 0 aliphatic carbocycles. The van der Waals surface area contributed by atoms with Crippen molar-refractivity contribution in [1.29, 1.82) is 0 Å². The molecule has 0 aliphatic rings. The minimum Gasteiger partial charge on any atom is -0.326 e. The SMILES string of the molecule is CCCC(=O)Nc1ccc2nc(NC(=O)CC)sc2c1. The molecule has 0 saturated carbocycles. The molecule has 0 atom stereocenters. The van der Waals surface area contributed by atoms with Gasteiger partial charge in [0.1, 0.15) is 0 Å². The zero-order valence-electron chi connectivity index (χ0n) is 11.5. The smallest absolute Gasteiger partial charge is 0.225 e. The van der Waals surface area contributed by atoms with Gasteiger partial charge in [-0.1, -0.05) is 25.2 Å². The maximum absolute atomic E-state index is 11.6. The first-order chi connectivity index (χ1) is 9.62. The number of amides is 2. The van der Waals surface area contributed by atoms with E-state index in [0.29, 0.717) is 18.0 Å². The molecule has 6 heteroatoms. The van der Waals surface area contributed by atoms with Crippen molar-refractivity contribution in [2.24, 2.45) is 0 Å². The maximum Gasteiger partial charge on any atom is 0.225 e. The molecule has 0 bridgehead atoms. The van der Waals surface area contributed by atoms with Gasteiger partial charge in [-0.05, 0) is 24.6 Å². The molecular weight excluding hydrogens is 274 g/mol. The Kier molecular flexibility index (Phi) is 4.68. The summed E-state index contributed by atoms with van der Waals surface area (Å²) in [6.07, 6.45) is 1.76. The highest BCUT2D eigenvalue weighted by atomic mass is 32.1. The quantitative estimate of drug-likeness (QED) is 0.887. The van der Waals surface area contributed by atoms with Gasteiger partial charge in [0.2, 0.25) is 11.8 Å². The first kappa shape index (κ1) is 14.5. The van der Waals surface area contributed by atoms with Crippen molar-refractivity contribution < 1.29 is 9.59 Å². The summed E-state index contributed by atoms with van der Waals surface area (Å²) in [7, 11) is 0. The lowest BCUT2D eigenvalue weighted by Crippen LogP contribution is -2.10. The summed E-state index contributed by atoms with van der Waals surface area (Å²) in [4.78, 5) is 27.2. The molecule has 0 spiro atoms. The molecule has 2 amide bonds. The Hall–Kier alpha value is -1.95. The Balaban J connectivity index is 2.17. The monoisotopic (exact) mass is 291 g/mol. The minimum atomic E-state index is -0.0551. The van der Waals surface area contributed by atoms with Crippen molar-refractivity contribution in [3.05, 3.63) is 18.2 Å². The van der Waals surface area contributed by atoms with Crippen molar-refractivity contribution in [3.63, 3.8) is 0 Å². The lowest BCUT2D eigenvalue weighted by atomic mass is 10.2. The first-order valence-corrected chi connectivity index (χ1v) is 7.44. The van der Waals surface area contributed by atoms with Crippen LogP contribution in [0.25, 0.3) is 10.2 Å². The Bertz CT molecular complexity index is 636. The molecule has 1 aromatic carbocycles. The topological polar surface area (TPSA) is 71.1 Å². The second kappa shape index (κ2) is 6.47. The maximum atomic E-state index is 11.6. The highest BCUT2D eigenvalue weighted by Crippen LogP contribution is 2.28. The lowest BCUT2D eigenvalue weighted by molar-refractivity contribution is -0.116. The number of nitrogens with one attached hydrogen (secondary N) is 2. The number of fused-ring (bicyclic) bond motifs is 1. The zero-order valence-corrected chi connectivity index (χ0v) is 12.3. The standard InChI is InChI=1S/C14H17N3O2S/c1-3-5-13(19)15-9-6-7-10-11(8-9)20-14(16-10)17-12(18)4-2/h6-8H,3-5H2,1-2H3,(H,15,19)(H,16,17,18). The number of hydrogen-bond acceptors (Lipinski definition) is 4. The summed E-state index contributed by atoms with van der Waals surface area (Å²) in [5.74, 6) is -0.0450. The van der Waals surface area contributed by atoms with Crippen LogP contribution in [0.3, 0.4) is 0 Å². The molecule has 0 unspecified atom stereocenters. The van der Waals surface area contributed by atoms with E-state index in [4.69, 9.17) is 0 Å². The van der Waals surface area contributed by atoms with Crippen molar-refractivity contribution >= 4 is 44.2 Å². The fourth-order valence-corrected chi connectivity index (χ4v) is 2.64. The molecule has 0 fully saturated rings. The highest BCUT2D eigenvalue weighted by Gasteiger charge is 2.08. The molecule has 1 aromatic heterocycles. The Morgan fingerprint density at radius 3 is 2.70 bits per heavy atom. The fraction of sp³-hybridized carbons (Fsp3) is 0.357. The average Bonchev–Trinajstić information content (AvgIpc) is 2.80. The van der Waals surface area contributed by atoms with Gasteiger partial charge in [-0.15, -0.1) is 0 Å². The van der Waals surface area contributed by atoms with Gasteiger partial charge in [-0.3, -0.25) is 9.59 Å². The number of aromatic nitrogens is 1. The number of anilines is 2. The molecule has 20 heavy (non-hydrogen) atoms. The molecule has 2 N–H and O–H groups in total. The van der Waals surface area contributed by atoms with Gasteiger partial charge in [-0.2, -0.15) is 0 Å². The van der Waals surface area contributed by atoms with Crippen molar-refractivity contribution in [2.45, 2.75) is 33.1 Å². The van der Waals surface area contributed by atoms with Crippen LogP contribution in [0.15, 0.2) is 18.2 Å². The molecule has 5 nitrogen and oxygen atoms in total. The lowest BCUT2D eigenvalue weighted by Gasteiger charge is -2.03. The van der Waals surface area contributed by atoms with Crippen LogP contribution in [0.1, 0.15) is 33.1 Å². The van der Waals surface area contributed by atoms with Crippen molar-refractivity contribution in [3.8, 4) is 0 Å². The third kappa shape index (κ3) is 3.54. The number of carbonyl (C=O) groups excluding carboxylic acids is 2. The predicted octanol–water partition coefficient (Wildman–Crippen LogP) is 3.38. The van der Waals surface area contributed by atoms with E-state index in [-0.39, 0.29) is 11.8 Å². The first-order valence-electron chi connectivity index (χ1n) is 6.62. The third-order valence-electron chi connectivity index (χ3n) is 2.72. The molecule has 106 valence electrons. The van der Waals surface area contributed by atoms with Gasteiger partial charge in [0, 0.05) is 18.5 Å². The van der Waals surface area contributed by atoms with Crippen molar-refractivity contribution in [1.82, 2.24) is 4.98 Å². The van der Waals surface area contributed by atoms with Crippen LogP contribution in [0.4, 0.5) is 10.8 Å². The molecule has 2 aromatic rings. The van der Waals surface area contributed by atoms with E-state index in [1.54, 1.807) is 6.92 Å². The van der Waals surface area contributed by atoms with E-state index in [1.807, 2.05) is 25.1 Å². The average molecular weight is 291 g/mol. The number of nitrogens with zero attached hydrogens (tertiary/aromatic N) is 1. The van der Waals surface area contributed by atoms with Crippen LogP contribution < -0.4 is 10.6 Å². The van der Waals surface area contributed by atoms with E-state index in [0.717, 1.165) is 22.3 Å². The summed E-state index contributed by atoms with van der Waals surface area (Å²) in [5, 5.41) is 6.18. The Morgan fingerprint density at radius 2 is 2.00 bits per heavy atom. The summed E-state index contributed by atoms with van der Waals surface area (Å²) in [6, 6.07) is 5.54.